The van der Waals surface area contributed by atoms with Gasteiger partial charge in [-0.2, -0.15) is 0 Å². The molecule has 0 radical (unpaired) electrons. The highest BCUT2D eigenvalue weighted by atomic mass is 127. The number of hydrogen-bond acceptors (Lipinski definition) is 1. The third kappa shape index (κ3) is 2.23. The summed E-state index contributed by atoms with van der Waals surface area (Å²) in [4.78, 5) is 11.2. The highest BCUT2D eigenvalue weighted by Crippen LogP contribution is 2.22. The maximum atomic E-state index is 11.2. The monoisotopic (exact) mass is 363 g/mol. The number of carboxylic acid groups (broad SMARTS) is 1. The van der Waals surface area contributed by atoms with E-state index in [1.807, 2.05) is 48.7 Å². The Labute approximate surface area is 123 Å². The molecule has 0 spiro atoms. The average molecular weight is 363 g/mol. The lowest BCUT2D eigenvalue weighted by Crippen LogP contribution is -2.05. The maximum absolute atomic E-state index is 11.2. The number of halogens is 1. The Morgan fingerprint density at radius 2 is 1.79 bits per heavy atom. The van der Waals surface area contributed by atoms with Crippen LogP contribution in [0.25, 0.3) is 16.5 Å². The molecule has 0 bridgehead atoms. The summed E-state index contributed by atoms with van der Waals surface area (Å²) in [6.45, 7) is 0. The van der Waals surface area contributed by atoms with Gasteiger partial charge in [0.1, 0.15) is 5.69 Å². The van der Waals surface area contributed by atoms with E-state index in [9.17, 15) is 9.90 Å². The highest BCUT2D eigenvalue weighted by molar-refractivity contribution is 14.1. The number of hydrogen-bond donors (Lipinski definition) is 1. The van der Waals surface area contributed by atoms with Crippen LogP contribution in [0.5, 0.6) is 0 Å². The minimum absolute atomic E-state index is 0.277. The highest BCUT2D eigenvalue weighted by Gasteiger charge is 2.12. The summed E-state index contributed by atoms with van der Waals surface area (Å²) in [7, 11) is 0. The van der Waals surface area contributed by atoms with Gasteiger partial charge in [-0.25, -0.2) is 4.79 Å². The van der Waals surface area contributed by atoms with Crippen LogP contribution in [0.15, 0.2) is 54.7 Å². The number of nitrogens with zero attached hydrogens (tertiary/aromatic N) is 1. The molecule has 0 aliphatic rings. The molecule has 1 N–H and O–H groups in total. The lowest BCUT2D eigenvalue weighted by atomic mass is 10.1. The number of carboxylic acids is 1. The van der Waals surface area contributed by atoms with Crippen LogP contribution in [0.1, 0.15) is 10.5 Å². The van der Waals surface area contributed by atoms with Gasteiger partial charge in [0.2, 0.25) is 0 Å². The number of aromatic carboxylic acids is 1. The molecule has 0 fully saturated rings. The molecule has 0 aliphatic heterocycles. The van der Waals surface area contributed by atoms with Crippen LogP contribution >= 0.6 is 22.6 Å². The van der Waals surface area contributed by atoms with E-state index in [4.69, 9.17) is 0 Å². The SMILES string of the molecule is O=C(O)c1cc(I)cn1-c1ccc2ccccc2c1. The molecule has 0 unspecified atom stereocenters. The molecule has 94 valence electrons. The molecule has 1 heterocycles. The largest absolute Gasteiger partial charge is 0.477 e. The van der Waals surface area contributed by atoms with Gasteiger partial charge in [-0.05, 0) is 51.6 Å². The van der Waals surface area contributed by atoms with Gasteiger partial charge >= 0.3 is 5.97 Å². The molecule has 0 saturated carbocycles. The second-order valence-electron chi connectivity index (χ2n) is 4.25. The van der Waals surface area contributed by atoms with Crippen molar-refractivity contribution in [3.8, 4) is 5.69 Å². The van der Waals surface area contributed by atoms with E-state index in [2.05, 4.69) is 22.6 Å². The van der Waals surface area contributed by atoms with E-state index in [1.54, 1.807) is 10.6 Å². The van der Waals surface area contributed by atoms with Crippen LogP contribution in [0.4, 0.5) is 0 Å². The van der Waals surface area contributed by atoms with Gasteiger partial charge in [0.25, 0.3) is 0 Å². The van der Waals surface area contributed by atoms with Crippen LogP contribution in [0.3, 0.4) is 0 Å². The second kappa shape index (κ2) is 4.70. The number of benzene rings is 2. The molecule has 3 aromatic rings. The molecule has 1 aromatic heterocycles. The standard InChI is InChI=1S/C15H10INO2/c16-12-8-14(15(18)19)17(9-12)13-6-5-10-3-1-2-4-11(10)7-13/h1-9H,(H,18,19). The lowest BCUT2D eigenvalue weighted by Gasteiger charge is -2.07. The number of rotatable bonds is 2. The fraction of sp³-hybridized carbons (Fsp3) is 0. The zero-order chi connectivity index (χ0) is 13.4. The van der Waals surface area contributed by atoms with Crippen molar-refractivity contribution in [3.63, 3.8) is 0 Å². The van der Waals surface area contributed by atoms with Crippen molar-refractivity contribution in [2.24, 2.45) is 0 Å². The van der Waals surface area contributed by atoms with E-state index in [0.29, 0.717) is 0 Å². The zero-order valence-corrected chi connectivity index (χ0v) is 12.0. The van der Waals surface area contributed by atoms with Gasteiger partial charge in [0, 0.05) is 15.5 Å². The number of carbonyl (C=O) groups is 1. The van der Waals surface area contributed by atoms with Crippen molar-refractivity contribution < 1.29 is 9.90 Å². The van der Waals surface area contributed by atoms with Crippen LogP contribution in [0.2, 0.25) is 0 Å². The Balaban J connectivity index is 2.21. The minimum atomic E-state index is -0.920. The van der Waals surface area contributed by atoms with Crippen molar-refractivity contribution in [1.29, 1.82) is 0 Å². The van der Waals surface area contributed by atoms with Gasteiger partial charge in [-0.3, -0.25) is 0 Å². The van der Waals surface area contributed by atoms with Crippen molar-refractivity contribution in [3.05, 3.63) is 64.0 Å². The molecule has 3 rings (SSSR count). The molecule has 19 heavy (non-hydrogen) atoms. The fourth-order valence-corrected chi connectivity index (χ4v) is 2.71. The van der Waals surface area contributed by atoms with E-state index < -0.39 is 5.97 Å². The van der Waals surface area contributed by atoms with E-state index in [0.717, 1.165) is 20.0 Å². The van der Waals surface area contributed by atoms with E-state index in [1.165, 1.54) is 0 Å². The van der Waals surface area contributed by atoms with Crippen molar-refractivity contribution >= 4 is 39.3 Å². The topological polar surface area (TPSA) is 42.2 Å². The Bertz CT molecular complexity index is 777. The first kappa shape index (κ1) is 12.2. The van der Waals surface area contributed by atoms with Gasteiger partial charge in [-0.15, -0.1) is 0 Å². The minimum Gasteiger partial charge on any atom is -0.477 e. The summed E-state index contributed by atoms with van der Waals surface area (Å²) in [6, 6.07) is 15.6. The van der Waals surface area contributed by atoms with Crippen molar-refractivity contribution in [1.82, 2.24) is 4.57 Å². The molecule has 3 nitrogen and oxygen atoms in total. The van der Waals surface area contributed by atoms with Gasteiger partial charge in [0.05, 0.1) is 0 Å². The Kier molecular flexibility index (Phi) is 3.02. The van der Waals surface area contributed by atoms with Gasteiger partial charge < -0.3 is 9.67 Å². The van der Waals surface area contributed by atoms with Crippen LogP contribution in [0, 0.1) is 3.57 Å². The number of fused-ring (bicyclic) bond motifs is 1. The molecule has 0 aliphatic carbocycles. The van der Waals surface area contributed by atoms with E-state index in [-0.39, 0.29) is 5.69 Å². The quantitative estimate of drug-likeness (QED) is 0.701. The van der Waals surface area contributed by atoms with Crippen molar-refractivity contribution in [2.75, 3.05) is 0 Å². The van der Waals surface area contributed by atoms with Crippen molar-refractivity contribution in [2.45, 2.75) is 0 Å². The lowest BCUT2D eigenvalue weighted by molar-refractivity contribution is 0.0688. The Hall–Kier alpha value is -1.82. The maximum Gasteiger partial charge on any atom is 0.352 e. The molecular weight excluding hydrogens is 353 g/mol. The summed E-state index contributed by atoms with van der Waals surface area (Å²) < 4.78 is 2.61. The van der Waals surface area contributed by atoms with Crippen LogP contribution < -0.4 is 0 Å². The zero-order valence-electron chi connectivity index (χ0n) is 9.88. The average Bonchev–Trinajstić information content (AvgIpc) is 2.80. The first-order valence-electron chi connectivity index (χ1n) is 5.75. The van der Waals surface area contributed by atoms with Gasteiger partial charge in [0.15, 0.2) is 0 Å². The molecule has 0 saturated heterocycles. The summed E-state index contributed by atoms with van der Waals surface area (Å²) >= 11 is 2.12. The molecule has 0 atom stereocenters. The molecule has 4 heteroatoms. The summed E-state index contributed by atoms with van der Waals surface area (Å²) in [5.41, 5.74) is 1.14. The third-order valence-corrected chi connectivity index (χ3v) is 3.61. The normalized spacial score (nSPS) is 10.8. The summed E-state index contributed by atoms with van der Waals surface area (Å²) in [5.74, 6) is -0.920. The molecule has 0 amide bonds. The van der Waals surface area contributed by atoms with Crippen LogP contribution in [-0.2, 0) is 0 Å². The first-order chi connectivity index (χ1) is 9.15. The van der Waals surface area contributed by atoms with Gasteiger partial charge in [-0.1, -0.05) is 30.3 Å². The fourth-order valence-electron chi connectivity index (χ4n) is 2.14. The van der Waals surface area contributed by atoms with E-state index >= 15 is 0 Å². The summed E-state index contributed by atoms with van der Waals surface area (Å²) in [6.07, 6.45) is 1.83. The Morgan fingerprint density at radius 3 is 2.53 bits per heavy atom. The first-order valence-corrected chi connectivity index (χ1v) is 6.83. The van der Waals surface area contributed by atoms with Crippen LogP contribution in [-0.4, -0.2) is 15.6 Å². The third-order valence-electron chi connectivity index (χ3n) is 3.02. The summed E-state index contributed by atoms with van der Waals surface area (Å²) in [5, 5.41) is 11.5. The molecular formula is C15H10INO2. The Morgan fingerprint density at radius 1 is 1.05 bits per heavy atom. The number of aromatic nitrogens is 1. The molecule has 2 aromatic carbocycles. The predicted molar refractivity (Wildman–Crippen MR) is 83.0 cm³/mol. The second-order valence-corrected chi connectivity index (χ2v) is 5.50. The predicted octanol–water partition coefficient (Wildman–Crippen LogP) is 3.93. The smallest absolute Gasteiger partial charge is 0.352 e.